The number of isocyanates is 1. The molecule has 2 rings (SSSR count). The molecule has 1 saturated carbocycles. The second-order valence-electron chi connectivity index (χ2n) is 3.37. The van der Waals surface area contributed by atoms with Crippen molar-refractivity contribution in [3.05, 3.63) is 10.9 Å². The Morgan fingerprint density at radius 1 is 1.50 bits per heavy atom. The van der Waals surface area contributed by atoms with Crippen molar-refractivity contribution in [1.82, 2.24) is 5.16 Å². The SMILES string of the molecule is O=C=Nc1c(C2CCCC2)noc1Cl. The highest BCUT2D eigenvalue weighted by Gasteiger charge is 2.25. The molecule has 0 saturated heterocycles. The first-order valence-electron chi connectivity index (χ1n) is 4.56. The Labute approximate surface area is 85.9 Å². The normalized spacial score (nSPS) is 16.9. The van der Waals surface area contributed by atoms with Gasteiger partial charge in [0.2, 0.25) is 6.08 Å². The molecule has 0 bridgehead atoms. The molecule has 1 heterocycles. The van der Waals surface area contributed by atoms with Crippen molar-refractivity contribution < 1.29 is 9.32 Å². The average Bonchev–Trinajstić information content (AvgIpc) is 2.77. The molecule has 1 aliphatic carbocycles. The lowest BCUT2D eigenvalue weighted by molar-refractivity contribution is 0.407. The van der Waals surface area contributed by atoms with Crippen molar-refractivity contribution >= 4 is 23.4 Å². The number of hydrogen-bond acceptors (Lipinski definition) is 4. The topological polar surface area (TPSA) is 55.5 Å². The molecule has 0 amide bonds. The summed E-state index contributed by atoms with van der Waals surface area (Å²) >= 11 is 5.70. The molecule has 14 heavy (non-hydrogen) atoms. The second kappa shape index (κ2) is 3.95. The van der Waals surface area contributed by atoms with E-state index in [1.165, 1.54) is 18.9 Å². The van der Waals surface area contributed by atoms with E-state index in [1.807, 2.05) is 0 Å². The lowest BCUT2D eigenvalue weighted by Gasteiger charge is -2.02. The van der Waals surface area contributed by atoms with Crippen LogP contribution in [-0.4, -0.2) is 11.2 Å². The van der Waals surface area contributed by atoms with E-state index in [0.717, 1.165) is 12.8 Å². The maximum atomic E-state index is 10.2. The molecule has 5 heteroatoms. The van der Waals surface area contributed by atoms with Crippen LogP contribution in [0.25, 0.3) is 0 Å². The summed E-state index contributed by atoms with van der Waals surface area (Å²) in [4.78, 5) is 13.7. The third kappa shape index (κ3) is 1.59. The largest absolute Gasteiger partial charge is 0.342 e. The summed E-state index contributed by atoms with van der Waals surface area (Å²) in [6.07, 6.45) is 5.94. The monoisotopic (exact) mass is 212 g/mol. The van der Waals surface area contributed by atoms with Gasteiger partial charge in [0, 0.05) is 5.92 Å². The third-order valence-electron chi connectivity index (χ3n) is 2.55. The Morgan fingerprint density at radius 2 is 2.21 bits per heavy atom. The molecule has 0 unspecified atom stereocenters. The maximum absolute atomic E-state index is 10.2. The Balaban J connectivity index is 2.36. The first kappa shape index (κ1) is 9.44. The molecule has 1 aromatic heterocycles. The van der Waals surface area contributed by atoms with Crippen molar-refractivity contribution in [3.63, 3.8) is 0 Å². The van der Waals surface area contributed by atoms with Crippen LogP contribution in [-0.2, 0) is 4.79 Å². The maximum Gasteiger partial charge on any atom is 0.252 e. The fraction of sp³-hybridized carbons (Fsp3) is 0.556. The van der Waals surface area contributed by atoms with Crippen LogP contribution in [0.1, 0.15) is 37.3 Å². The molecule has 1 aromatic rings. The lowest BCUT2D eigenvalue weighted by Crippen LogP contribution is -1.92. The Morgan fingerprint density at radius 3 is 2.86 bits per heavy atom. The molecule has 4 nitrogen and oxygen atoms in total. The van der Waals surface area contributed by atoms with Gasteiger partial charge >= 0.3 is 0 Å². The van der Waals surface area contributed by atoms with Crippen molar-refractivity contribution in [2.45, 2.75) is 31.6 Å². The lowest BCUT2D eigenvalue weighted by atomic mass is 10.0. The van der Waals surface area contributed by atoms with Crippen LogP contribution in [0.4, 0.5) is 5.69 Å². The zero-order chi connectivity index (χ0) is 9.97. The Hall–Kier alpha value is -1.12. The first-order valence-corrected chi connectivity index (χ1v) is 4.93. The van der Waals surface area contributed by atoms with Crippen LogP contribution in [0.15, 0.2) is 9.52 Å². The van der Waals surface area contributed by atoms with Gasteiger partial charge in [-0.2, -0.15) is 4.99 Å². The summed E-state index contributed by atoms with van der Waals surface area (Å²) in [6, 6.07) is 0. The van der Waals surface area contributed by atoms with Crippen molar-refractivity contribution in [2.75, 3.05) is 0 Å². The highest BCUT2D eigenvalue weighted by atomic mass is 35.5. The van der Waals surface area contributed by atoms with E-state index < -0.39 is 0 Å². The third-order valence-corrected chi connectivity index (χ3v) is 2.80. The molecular formula is C9H9ClN2O2. The van der Waals surface area contributed by atoms with Gasteiger partial charge in [0.05, 0.1) is 0 Å². The van der Waals surface area contributed by atoms with Crippen LogP contribution in [0.2, 0.25) is 5.22 Å². The van der Waals surface area contributed by atoms with Crippen LogP contribution in [0.5, 0.6) is 0 Å². The summed E-state index contributed by atoms with van der Waals surface area (Å²) in [5.41, 5.74) is 1.06. The zero-order valence-electron chi connectivity index (χ0n) is 7.49. The Kier molecular flexibility index (Phi) is 2.66. The highest BCUT2D eigenvalue weighted by Crippen LogP contribution is 2.40. The summed E-state index contributed by atoms with van der Waals surface area (Å²) in [6.45, 7) is 0. The molecule has 0 spiro atoms. The van der Waals surface area contributed by atoms with E-state index in [2.05, 4.69) is 10.1 Å². The van der Waals surface area contributed by atoms with E-state index in [9.17, 15) is 4.79 Å². The number of rotatable bonds is 2. The summed E-state index contributed by atoms with van der Waals surface area (Å²) < 4.78 is 4.80. The number of halogens is 1. The first-order chi connectivity index (χ1) is 6.83. The van der Waals surface area contributed by atoms with Crippen LogP contribution >= 0.6 is 11.6 Å². The summed E-state index contributed by atoms with van der Waals surface area (Å²) in [5.74, 6) is 0.332. The molecular weight excluding hydrogens is 204 g/mol. The van der Waals surface area contributed by atoms with Crippen molar-refractivity contribution in [3.8, 4) is 0 Å². The molecule has 74 valence electrons. The van der Waals surface area contributed by atoms with E-state index in [0.29, 0.717) is 17.3 Å². The van der Waals surface area contributed by atoms with Gasteiger partial charge in [0.1, 0.15) is 5.69 Å². The fourth-order valence-corrected chi connectivity index (χ4v) is 2.06. The molecule has 0 N–H and O–H groups in total. The number of aliphatic imine (C=N–C) groups is 1. The summed E-state index contributed by atoms with van der Waals surface area (Å²) in [7, 11) is 0. The molecule has 1 fully saturated rings. The molecule has 0 aromatic carbocycles. The molecule has 1 aliphatic rings. The van der Waals surface area contributed by atoms with Gasteiger partial charge in [0.25, 0.3) is 5.22 Å². The van der Waals surface area contributed by atoms with Gasteiger partial charge in [-0.05, 0) is 24.4 Å². The minimum Gasteiger partial charge on any atom is -0.342 e. The van der Waals surface area contributed by atoms with E-state index in [-0.39, 0.29) is 5.22 Å². The van der Waals surface area contributed by atoms with Gasteiger partial charge in [0.15, 0.2) is 5.69 Å². The fourth-order valence-electron chi connectivity index (χ4n) is 1.89. The number of aromatic nitrogens is 1. The quantitative estimate of drug-likeness (QED) is 0.559. The predicted molar refractivity (Wildman–Crippen MR) is 50.5 cm³/mol. The standard InChI is InChI=1S/C9H9ClN2O2/c10-9-8(11-5-13)7(12-14-9)6-3-1-2-4-6/h6H,1-4H2. The molecule has 0 atom stereocenters. The van der Waals surface area contributed by atoms with Gasteiger partial charge < -0.3 is 4.52 Å². The van der Waals surface area contributed by atoms with Gasteiger partial charge in [-0.1, -0.05) is 18.0 Å². The van der Waals surface area contributed by atoms with E-state index in [4.69, 9.17) is 16.1 Å². The van der Waals surface area contributed by atoms with E-state index in [1.54, 1.807) is 0 Å². The van der Waals surface area contributed by atoms with Crippen molar-refractivity contribution in [1.29, 1.82) is 0 Å². The molecule has 0 radical (unpaired) electrons. The van der Waals surface area contributed by atoms with Gasteiger partial charge in [-0.3, -0.25) is 0 Å². The van der Waals surface area contributed by atoms with E-state index >= 15 is 0 Å². The average molecular weight is 213 g/mol. The number of nitrogens with zero attached hydrogens (tertiary/aromatic N) is 2. The van der Waals surface area contributed by atoms with Crippen LogP contribution in [0, 0.1) is 0 Å². The van der Waals surface area contributed by atoms with Crippen molar-refractivity contribution in [2.24, 2.45) is 4.99 Å². The van der Waals surface area contributed by atoms with Crippen LogP contribution in [0.3, 0.4) is 0 Å². The predicted octanol–water partition coefficient (Wildman–Crippen LogP) is 2.95. The van der Waals surface area contributed by atoms with Crippen LogP contribution < -0.4 is 0 Å². The molecule has 0 aliphatic heterocycles. The minimum atomic E-state index is 0.0789. The van der Waals surface area contributed by atoms with Gasteiger partial charge in [-0.25, -0.2) is 4.79 Å². The summed E-state index contributed by atoms with van der Waals surface area (Å²) in [5, 5.41) is 3.92. The second-order valence-corrected chi connectivity index (χ2v) is 3.72. The van der Waals surface area contributed by atoms with Gasteiger partial charge in [-0.15, -0.1) is 0 Å². The minimum absolute atomic E-state index is 0.0789. The highest BCUT2D eigenvalue weighted by molar-refractivity contribution is 6.31. The zero-order valence-corrected chi connectivity index (χ0v) is 8.25. The number of hydrogen-bond donors (Lipinski definition) is 0. The number of carbonyl (C=O) groups excluding carboxylic acids is 1. The smallest absolute Gasteiger partial charge is 0.252 e. The Bertz CT molecular complexity index is 376.